The highest BCUT2D eigenvalue weighted by molar-refractivity contribution is 9.10. The molecule has 4 aliphatic rings. The molecule has 4 aliphatic heterocycles. The third-order valence-corrected chi connectivity index (χ3v) is 10.3. The quantitative estimate of drug-likeness (QED) is 0.432. The lowest BCUT2D eigenvalue weighted by molar-refractivity contribution is -0.139. The Morgan fingerprint density at radius 1 is 0.925 bits per heavy atom. The van der Waals surface area contributed by atoms with Crippen molar-refractivity contribution in [3.8, 4) is 0 Å². The molecule has 4 saturated heterocycles. The lowest BCUT2D eigenvalue weighted by Gasteiger charge is -2.39. The molecule has 4 fully saturated rings. The van der Waals surface area contributed by atoms with E-state index in [1.165, 1.54) is 11.1 Å². The molecule has 2 aromatic carbocycles. The Kier molecular flexibility index (Phi) is 9.56. The van der Waals surface area contributed by atoms with E-state index in [9.17, 15) is 9.59 Å². The van der Waals surface area contributed by atoms with Gasteiger partial charge in [-0.15, -0.1) is 12.4 Å². The summed E-state index contributed by atoms with van der Waals surface area (Å²) in [5.41, 5.74) is 2.34. The van der Waals surface area contributed by atoms with Crippen LogP contribution in [0.2, 0.25) is 0 Å². The van der Waals surface area contributed by atoms with Gasteiger partial charge < -0.3 is 19.4 Å². The second kappa shape index (κ2) is 12.9. The number of nitrogens with zero attached hydrogens (tertiary/aromatic N) is 3. The molecule has 216 valence electrons. The summed E-state index contributed by atoms with van der Waals surface area (Å²) in [4.78, 5) is 33.7. The molecule has 0 saturated carbocycles. The van der Waals surface area contributed by atoms with E-state index in [-0.39, 0.29) is 23.7 Å². The van der Waals surface area contributed by atoms with Crippen LogP contribution in [0.25, 0.3) is 0 Å². The molecule has 0 aliphatic carbocycles. The van der Waals surface area contributed by atoms with Crippen LogP contribution in [-0.4, -0.2) is 79.0 Å². The van der Waals surface area contributed by atoms with Gasteiger partial charge >= 0.3 is 0 Å². The Bertz CT molecular complexity index is 1150. The summed E-state index contributed by atoms with van der Waals surface area (Å²) in [6.07, 6.45) is 4.54. The molecule has 1 spiro atoms. The fraction of sp³-hybridized carbons (Fsp3) is 0.562. The first kappa shape index (κ1) is 29.6. The molecule has 0 radical (unpaired) electrons. The molecule has 0 aromatic heterocycles. The number of hydrogen-bond donors (Lipinski definition) is 0. The molecule has 2 aromatic rings. The number of hydrogen-bond acceptors (Lipinski definition) is 4. The van der Waals surface area contributed by atoms with E-state index < -0.39 is 0 Å². The Labute approximate surface area is 253 Å². The SMILES string of the molecule is Cl.O=C(C1CCOCC1)N1C[C@H](CN2CCC3(CC2)CCN(Cc2ccc(Br)cc2)C3=O)[C@@H](c2ccccc2)C1. The Balaban J connectivity index is 0.00000323. The van der Waals surface area contributed by atoms with Crippen LogP contribution in [0.5, 0.6) is 0 Å². The number of likely N-dealkylation sites (tertiary alicyclic amines) is 3. The first-order valence-corrected chi connectivity index (χ1v) is 15.5. The van der Waals surface area contributed by atoms with Crippen LogP contribution >= 0.6 is 28.3 Å². The Hall–Kier alpha value is -1.93. The molecular formula is C32H41BrClN3O3. The van der Waals surface area contributed by atoms with Gasteiger partial charge in [0.15, 0.2) is 0 Å². The van der Waals surface area contributed by atoms with E-state index >= 15 is 0 Å². The number of rotatable bonds is 6. The second-order valence-electron chi connectivity index (χ2n) is 12.1. The molecule has 0 bridgehead atoms. The van der Waals surface area contributed by atoms with Crippen LogP contribution in [0.4, 0.5) is 0 Å². The summed E-state index contributed by atoms with van der Waals surface area (Å²) in [6.45, 7) is 7.52. The second-order valence-corrected chi connectivity index (χ2v) is 13.0. The molecule has 0 N–H and O–H groups in total. The van der Waals surface area contributed by atoms with Crippen LogP contribution in [0.1, 0.15) is 49.1 Å². The maximum Gasteiger partial charge on any atom is 0.229 e. The van der Waals surface area contributed by atoms with Gasteiger partial charge in [-0.3, -0.25) is 9.59 Å². The summed E-state index contributed by atoms with van der Waals surface area (Å²) < 4.78 is 6.57. The normalized spacial score (nSPS) is 25.4. The largest absolute Gasteiger partial charge is 0.381 e. The molecule has 2 amide bonds. The van der Waals surface area contributed by atoms with E-state index in [2.05, 4.69) is 73.1 Å². The van der Waals surface area contributed by atoms with Crippen molar-refractivity contribution in [1.29, 1.82) is 0 Å². The molecule has 4 heterocycles. The van der Waals surface area contributed by atoms with Gasteiger partial charge in [0.05, 0.1) is 5.41 Å². The average molecular weight is 631 g/mol. The van der Waals surface area contributed by atoms with Crippen LogP contribution in [0, 0.1) is 17.3 Å². The maximum absolute atomic E-state index is 13.6. The smallest absolute Gasteiger partial charge is 0.229 e. The van der Waals surface area contributed by atoms with Gasteiger partial charge in [0.1, 0.15) is 0 Å². The van der Waals surface area contributed by atoms with Crippen molar-refractivity contribution in [2.24, 2.45) is 17.3 Å². The number of benzene rings is 2. The third-order valence-electron chi connectivity index (χ3n) is 9.74. The predicted molar refractivity (Wildman–Crippen MR) is 162 cm³/mol. The minimum Gasteiger partial charge on any atom is -0.381 e. The summed E-state index contributed by atoms with van der Waals surface area (Å²) in [5.74, 6) is 1.55. The van der Waals surface area contributed by atoms with E-state index in [0.29, 0.717) is 43.4 Å². The zero-order valence-corrected chi connectivity index (χ0v) is 25.6. The molecule has 2 atom stereocenters. The summed E-state index contributed by atoms with van der Waals surface area (Å²) in [6, 6.07) is 19.1. The van der Waals surface area contributed by atoms with Crippen molar-refractivity contribution in [1.82, 2.24) is 14.7 Å². The summed E-state index contributed by atoms with van der Waals surface area (Å²) >= 11 is 3.50. The minimum absolute atomic E-state index is 0. The maximum atomic E-state index is 13.6. The number of carbonyl (C=O) groups excluding carboxylic acids is 2. The third kappa shape index (κ3) is 6.28. The van der Waals surface area contributed by atoms with E-state index in [0.717, 1.165) is 75.8 Å². The zero-order chi connectivity index (χ0) is 26.8. The van der Waals surface area contributed by atoms with Crippen molar-refractivity contribution in [2.75, 3.05) is 52.5 Å². The monoisotopic (exact) mass is 629 g/mol. The molecular weight excluding hydrogens is 590 g/mol. The highest BCUT2D eigenvalue weighted by Gasteiger charge is 2.48. The van der Waals surface area contributed by atoms with Crippen molar-refractivity contribution in [3.63, 3.8) is 0 Å². The lowest BCUT2D eigenvalue weighted by atomic mass is 9.76. The first-order chi connectivity index (χ1) is 19.0. The fourth-order valence-electron chi connectivity index (χ4n) is 7.33. The van der Waals surface area contributed by atoms with Crippen LogP contribution in [-0.2, 0) is 20.9 Å². The van der Waals surface area contributed by atoms with Gasteiger partial charge in [-0.25, -0.2) is 0 Å². The topological polar surface area (TPSA) is 53.1 Å². The van der Waals surface area contributed by atoms with Gasteiger partial charge in [-0.05, 0) is 74.4 Å². The summed E-state index contributed by atoms with van der Waals surface area (Å²) in [7, 11) is 0. The van der Waals surface area contributed by atoms with E-state index in [1.807, 2.05) is 12.1 Å². The van der Waals surface area contributed by atoms with Crippen molar-refractivity contribution in [2.45, 2.75) is 44.6 Å². The van der Waals surface area contributed by atoms with Gasteiger partial charge in [0.2, 0.25) is 11.8 Å². The Morgan fingerprint density at radius 2 is 1.60 bits per heavy atom. The number of halogens is 2. The Morgan fingerprint density at radius 3 is 2.30 bits per heavy atom. The number of ether oxygens (including phenoxy) is 1. The average Bonchev–Trinajstić information content (AvgIpc) is 3.53. The number of carbonyl (C=O) groups is 2. The van der Waals surface area contributed by atoms with E-state index in [1.54, 1.807) is 0 Å². The van der Waals surface area contributed by atoms with Gasteiger partial charge in [0, 0.05) is 62.2 Å². The van der Waals surface area contributed by atoms with E-state index in [4.69, 9.17) is 4.74 Å². The fourth-order valence-corrected chi connectivity index (χ4v) is 7.59. The summed E-state index contributed by atoms with van der Waals surface area (Å²) in [5, 5.41) is 0. The highest BCUT2D eigenvalue weighted by atomic mass is 79.9. The number of piperidine rings is 1. The standard InChI is InChI=1S/C32H40BrN3O3.ClH/c33-28-8-6-24(7-9-28)20-35-17-14-32(31(35)38)12-15-34(16-13-32)21-27-22-36(30(37)26-10-18-39-19-11-26)23-29(27)25-4-2-1-3-5-25;/h1-9,26-27,29H,10-23H2;1H/t27-,29+;/m0./s1. The molecule has 6 rings (SSSR count). The van der Waals surface area contributed by atoms with Crippen LogP contribution < -0.4 is 0 Å². The van der Waals surface area contributed by atoms with Crippen molar-refractivity contribution in [3.05, 3.63) is 70.2 Å². The van der Waals surface area contributed by atoms with Crippen LogP contribution in [0.3, 0.4) is 0 Å². The van der Waals surface area contributed by atoms with Crippen molar-refractivity contribution < 1.29 is 14.3 Å². The van der Waals surface area contributed by atoms with Gasteiger partial charge in [-0.1, -0.05) is 58.4 Å². The highest BCUT2D eigenvalue weighted by Crippen LogP contribution is 2.43. The molecule has 6 nitrogen and oxygen atoms in total. The predicted octanol–water partition coefficient (Wildman–Crippen LogP) is 5.35. The first-order valence-electron chi connectivity index (χ1n) is 14.7. The minimum atomic E-state index is -0.189. The molecule has 0 unspecified atom stereocenters. The van der Waals surface area contributed by atoms with Gasteiger partial charge in [0.25, 0.3) is 0 Å². The molecule has 8 heteroatoms. The van der Waals surface area contributed by atoms with Crippen molar-refractivity contribution >= 4 is 40.2 Å². The zero-order valence-electron chi connectivity index (χ0n) is 23.2. The molecule has 40 heavy (non-hydrogen) atoms. The van der Waals surface area contributed by atoms with Gasteiger partial charge in [-0.2, -0.15) is 0 Å². The van der Waals surface area contributed by atoms with Crippen LogP contribution in [0.15, 0.2) is 59.1 Å². The number of amides is 2. The lowest BCUT2D eigenvalue weighted by Crippen LogP contribution is -2.46.